The molecule has 2 N–H and O–H groups in total. The second-order valence-corrected chi connectivity index (χ2v) is 10.2. The molecule has 0 aromatic heterocycles. The number of carbonyl (C=O) groups is 1. The Labute approximate surface area is 158 Å². The van der Waals surface area contributed by atoms with Crippen LogP contribution in [0.25, 0.3) is 0 Å². The van der Waals surface area contributed by atoms with Crippen molar-refractivity contribution in [2.75, 3.05) is 15.8 Å². The summed E-state index contributed by atoms with van der Waals surface area (Å²) in [5.41, 5.74) is 1.52. The number of hydrogen-bond acceptors (Lipinski definition) is 3. The number of hydrogen-bond donors (Lipinski definition) is 2. The van der Waals surface area contributed by atoms with Gasteiger partial charge in [-0.3, -0.25) is 9.52 Å². The van der Waals surface area contributed by atoms with Crippen molar-refractivity contribution in [3.8, 4) is 0 Å². The molecule has 26 heavy (non-hydrogen) atoms. The molecule has 0 atom stereocenters. The van der Waals surface area contributed by atoms with E-state index in [1.807, 2.05) is 6.92 Å². The van der Waals surface area contributed by atoms with Crippen molar-refractivity contribution in [1.29, 1.82) is 0 Å². The second kappa shape index (κ2) is 8.42. The Morgan fingerprint density at radius 3 is 2.08 bits per heavy atom. The molecule has 0 saturated heterocycles. The first-order chi connectivity index (χ1) is 12.1. The van der Waals surface area contributed by atoms with Crippen LogP contribution < -0.4 is 10.0 Å². The molecule has 0 unspecified atom stereocenters. The number of rotatable bonds is 6. The third-order valence-corrected chi connectivity index (χ3v) is 6.71. The van der Waals surface area contributed by atoms with Crippen LogP contribution in [0.2, 0.25) is 0 Å². The smallest absolute Gasteiger partial charge is 0.232 e. The van der Waals surface area contributed by atoms with Gasteiger partial charge in [-0.05, 0) is 67.7 Å². The Balaban J connectivity index is 1.88. The van der Waals surface area contributed by atoms with Crippen molar-refractivity contribution in [2.24, 2.45) is 17.3 Å². The van der Waals surface area contributed by atoms with E-state index in [0.29, 0.717) is 29.1 Å². The molecule has 5 nitrogen and oxygen atoms in total. The van der Waals surface area contributed by atoms with Gasteiger partial charge in [0.2, 0.25) is 15.9 Å². The summed E-state index contributed by atoms with van der Waals surface area (Å²) in [6, 6.07) is 6.84. The number of benzene rings is 1. The van der Waals surface area contributed by atoms with Crippen LogP contribution in [0.5, 0.6) is 0 Å². The third kappa shape index (κ3) is 6.01. The van der Waals surface area contributed by atoms with Crippen molar-refractivity contribution in [1.82, 2.24) is 0 Å². The molecule has 1 aliphatic rings. The number of nitrogens with one attached hydrogen (secondary N) is 2. The molecule has 1 aromatic carbocycles. The largest absolute Gasteiger partial charge is 0.326 e. The molecule has 1 amide bonds. The average Bonchev–Trinajstić information content (AvgIpc) is 2.55. The minimum Gasteiger partial charge on any atom is -0.326 e. The van der Waals surface area contributed by atoms with Gasteiger partial charge in [0.15, 0.2) is 0 Å². The summed E-state index contributed by atoms with van der Waals surface area (Å²) in [4.78, 5) is 12.5. The van der Waals surface area contributed by atoms with E-state index in [1.54, 1.807) is 24.3 Å². The first-order valence-corrected chi connectivity index (χ1v) is 11.2. The summed E-state index contributed by atoms with van der Waals surface area (Å²) >= 11 is 0. The van der Waals surface area contributed by atoms with Gasteiger partial charge in [-0.1, -0.05) is 27.7 Å². The van der Waals surface area contributed by atoms with Gasteiger partial charge in [0, 0.05) is 17.3 Å². The zero-order valence-electron chi connectivity index (χ0n) is 16.3. The van der Waals surface area contributed by atoms with Gasteiger partial charge in [-0.25, -0.2) is 8.42 Å². The lowest BCUT2D eigenvalue weighted by Gasteiger charge is -2.36. The van der Waals surface area contributed by atoms with Crippen LogP contribution in [0.3, 0.4) is 0 Å². The van der Waals surface area contributed by atoms with E-state index in [-0.39, 0.29) is 17.6 Å². The maximum Gasteiger partial charge on any atom is 0.232 e. The topological polar surface area (TPSA) is 75.3 Å². The van der Waals surface area contributed by atoms with Gasteiger partial charge in [-0.2, -0.15) is 0 Å². The molecule has 1 aliphatic carbocycles. The molecule has 2 rings (SSSR count). The van der Waals surface area contributed by atoms with Gasteiger partial charge in [0.1, 0.15) is 0 Å². The lowest BCUT2D eigenvalue weighted by Crippen LogP contribution is -2.31. The van der Waals surface area contributed by atoms with E-state index in [1.165, 1.54) is 0 Å². The fourth-order valence-electron chi connectivity index (χ4n) is 3.59. The van der Waals surface area contributed by atoms with E-state index >= 15 is 0 Å². The minimum atomic E-state index is -3.29. The van der Waals surface area contributed by atoms with Crippen molar-refractivity contribution in [2.45, 2.75) is 59.8 Å². The van der Waals surface area contributed by atoms with Gasteiger partial charge in [-0.15, -0.1) is 0 Å². The monoisotopic (exact) mass is 380 g/mol. The molecular formula is C20H32N2O3S. The van der Waals surface area contributed by atoms with Crippen molar-refractivity contribution in [3.05, 3.63) is 24.3 Å². The van der Waals surface area contributed by atoms with Crippen molar-refractivity contribution >= 4 is 27.3 Å². The molecule has 0 radical (unpaired) electrons. The zero-order valence-corrected chi connectivity index (χ0v) is 17.2. The lowest BCUT2D eigenvalue weighted by atomic mass is 9.69. The molecule has 1 saturated carbocycles. The number of sulfonamides is 1. The highest BCUT2D eigenvalue weighted by molar-refractivity contribution is 7.92. The van der Waals surface area contributed by atoms with Gasteiger partial charge in [0.05, 0.1) is 5.75 Å². The normalized spacial score (nSPS) is 21.2. The van der Waals surface area contributed by atoms with E-state index in [2.05, 4.69) is 30.8 Å². The predicted molar refractivity (Wildman–Crippen MR) is 108 cm³/mol. The van der Waals surface area contributed by atoms with Crippen LogP contribution >= 0.6 is 0 Å². The van der Waals surface area contributed by atoms with Crippen LogP contribution in [0.15, 0.2) is 24.3 Å². The SMILES string of the molecule is CCCS(=O)(=O)Nc1ccc(NC(=O)C2CCC(C(C)(C)C)CC2)cc1. The average molecular weight is 381 g/mol. The Kier molecular flexibility index (Phi) is 6.72. The highest BCUT2D eigenvalue weighted by Gasteiger charge is 2.32. The molecule has 0 heterocycles. The Morgan fingerprint density at radius 1 is 1.04 bits per heavy atom. The van der Waals surface area contributed by atoms with Crippen molar-refractivity contribution in [3.63, 3.8) is 0 Å². The minimum absolute atomic E-state index is 0.0660. The van der Waals surface area contributed by atoms with Crippen LogP contribution in [-0.2, 0) is 14.8 Å². The molecule has 6 heteroatoms. The first-order valence-electron chi connectivity index (χ1n) is 9.52. The molecule has 0 bridgehead atoms. The Bertz CT molecular complexity index is 698. The highest BCUT2D eigenvalue weighted by Crippen LogP contribution is 2.40. The van der Waals surface area contributed by atoms with Crippen LogP contribution in [-0.4, -0.2) is 20.1 Å². The first kappa shape index (κ1) is 20.7. The summed E-state index contributed by atoms with van der Waals surface area (Å²) < 4.78 is 26.1. The van der Waals surface area contributed by atoms with Crippen LogP contribution in [0, 0.1) is 17.3 Å². The fraction of sp³-hybridized carbons (Fsp3) is 0.650. The summed E-state index contributed by atoms with van der Waals surface area (Å²) in [6.45, 7) is 8.64. The maximum absolute atomic E-state index is 12.5. The maximum atomic E-state index is 12.5. The van der Waals surface area contributed by atoms with Gasteiger partial charge < -0.3 is 5.32 Å². The summed E-state index contributed by atoms with van der Waals surface area (Å²) in [6.07, 6.45) is 4.63. The van der Waals surface area contributed by atoms with Crippen LogP contribution in [0.1, 0.15) is 59.8 Å². The Morgan fingerprint density at radius 2 is 1.58 bits per heavy atom. The second-order valence-electron chi connectivity index (χ2n) is 8.40. The molecule has 146 valence electrons. The highest BCUT2D eigenvalue weighted by atomic mass is 32.2. The molecule has 1 aromatic rings. The molecule has 0 aliphatic heterocycles. The standard InChI is InChI=1S/C20H32N2O3S/c1-5-14-26(24,25)22-18-12-10-17(11-13-18)21-19(23)15-6-8-16(9-7-15)20(2,3)4/h10-13,15-16,22H,5-9,14H2,1-4H3,(H,21,23). The summed E-state index contributed by atoms with van der Waals surface area (Å²) in [5, 5.41) is 2.96. The molecular weight excluding hydrogens is 348 g/mol. The van der Waals surface area contributed by atoms with Crippen molar-refractivity contribution < 1.29 is 13.2 Å². The molecule has 1 fully saturated rings. The molecule has 0 spiro atoms. The summed E-state index contributed by atoms with van der Waals surface area (Å²) in [7, 11) is -3.29. The number of anilines is 2. The van der Waals surface area contributed by atoms with Crippen LogP contribution in [0.4, 0.5) is 11.4 Å². The van der Waals surface area contributed by atoms with Gasteiger partial charge in [0.25, 0.3) is 0 Å². The summed E-state index contributed by atoms with van der Waals surface area (Å²) in [5.74, 6) is 0.915. The third-order valence-electron chi connectivity index (χ3n) is 5.22. The Hall–Kier alpha value is -1.56. The van der Waals surface area contributed by atoms with E-state index < -0.39 is 10.0 Å². The van der Waals surface area contributed by atoms with E-state index in [0.717, 1.165) is 25.7 Å². The van der Waals surface area contributed by atoms with E-state index in [9.17, 15) is 13.2 Å². The zero-order chi connectivity index (χ0) is 19.4. The van der Waals surface area contributed by atoms with E-state index in [4.69, 9.17) is 0 Å². The number of carbonyl (C=O) groups excluding carboxylic acids is 1. The quantitative estimate of drug-likeness (QED) is 0.755. The lowest BCUT2D eigenvalue weighted by molar-refractivity contribution is -0.121. The number of amides is 1. The predicted octanol–water partition coefficient (Wildman–Crippen LogP) is 4.63. The fourth-order valence-corrected chi connectivity index (χ4v) is 4.72. The van der Waals surface area contributed by atoms with Gasteiger partial charge >= 0.3 is 0 Å².